The second-order valence-corrected chi connectivity index (χ2v) is 16.4. The SMILES string of the molecule is CC1(C)c2ccccc2-c2ccc(N(C3=CC(c4ccccc4)Cc4oc5c(cc(-c6ccccc6)c6ccccc65)c43)c3cccc4c3oc3ccccc34)cc21. The van der Waals surface area contributed by atoms with Crippen LogP contribution < -0.4 is 4.90 Å². The minimum absolute atomic E-state index is 0.0802. The van der Waals surface area contributed by atoms with Crippen LogP contribution >= 0.6 is 0 Å². The maximum atomic E-state index is 7.19. The summed E-state index contributed by atoms with van der Waals surface area (Å²) in [5.41, 5.74) is 15.7. The van der Waals surface area contributed by atoms with Gasteiger partial charge >= 0.3 is 0 Å². The molecule has 10 aromatic rings. The molecule has 58 heavy (non-hydrogen) atoms. The lowest BCUT2D eigenvalue weighted by Gasteiger charge is -2.33. The second kappa shape index (κ2) is 12.4. The molecule has 0 spiro atoms. The number of nitrogens with zero attached hydrogens (tertiary/aromatic N) is 1. The number of rotatable bonds is 5. The predicted octanol–water partition coefficient (Wildman–Crippen LogP) is 15.0. The normalized spacial score (nSPS) is 15.4. The molecule has 12 rings (SSSR count). The highest BCUT2D eigenvalue weighted by molar-refractivity contribution is 6.17. The van der Waals surface area contributed by atoms with Crippen molar-refractivity contribution in [2.24, 2.45) is 0 Å². The van der Waals surface area contributed by atoms with Crippen LogP contribution in [0, 0.1) is 0 Å². The summed E-state index contributed by atoms with van der Waals surface area (Å²) in [5.74, 6) is 1.07. The van der Waals surface area contributed by atoms with E-state index in [1.54, 1.807) is 0 Å². The van der Waals surface area contributed by atoms with Crippen LogP contribution in [0.2, 0.25) is 0 Å². The number of anilines is 2. The Kier molecular flexibility index (Phi) is 7.10. The van der Waals surface area contributed by atoms with Gasteiger partial charge in [-0.1, -0.05) is 166 Å². The molecule has 0 N–H and O–H groups in total. The van der Waals surface area contributed by atoms with E-state index in [1.165, 1.54) is 44.3 Å². The summed E-state index contributed by atoms with van der Waals surface area (Å²) in [6, 6.07) is 63.6. The Bertz CT molecular complexity index is 3290. The first-order valence-electron chi connectivity index (χ1n) is 20.3. The molecule has 0 amide bonds. The van der Waals surface area contributed by atoms with Crippen LogP contribution in [0.1, 0.15) is 47.8 Å². The lowest BCUT2D eigenvalue weighted by molar-refractivity contribution is 0.533. The number of fused-ring (bicyclic) bond motifs is 11. The van der Waals surface area contributed by atoms with Crippen LogP contribution in [-0.2, 0) is 11.8 Å². The molecule has 0 fully saturated rings. The van der Waals surface area contributed by atoms with Crippen LogP contribution in [-0.4, -0.2) is 0 Å². The van der Waals surface area contributed by atoms with Crippen LogP contribution in [0.3, 0.4) is 0 Å². The fourth-order valence-corrected chi connectivity index (χ4v) is 10.0. The monoisotopic (exact) mass is 745 g/mol. The van der Waals surface area contributed by atoms with E-state index in [0.717, 1.165) is 73.1 Å². The molecule has 0 bridgehead atoms. The van der Waals surface area contributed by atoms with E-state index < -0.39 is 0 Å². The van der Waals surface area contributed by atoms with Crippen molar-refractivity contribution in [1.29, 1.82) is 0 Å². The molecule has 1 atom stereocenters. The third-order valence-electron chi connectivity index (χ3n) is 12.8. The van der Waals surface area contributed by atoms with Crippen molar-refractivity contribution in [3.05, 3.63) is 210 Å². The molecule has 0 saturated heterocycles. The molecule has 2 aliphatic rings. The van der Waals surface area contributed by atoms with E-state index in [0.29, 0.717) is 0 Å². The zero-order valence-electron chi connectivity index (χ0n) is 32.4. The van der Waals surface area contributed by atoms with E-state index in [9.17, 15) is 0 Å². The minimum atomic E-state index is -0.177. The van der Waals surface area contributed by atoms with Crippen molar-refractivity contribution in [3.63, 3.8) is 0 Å². The molecule has 276 valence electrons. The molecule has 3 nitrogen and oxygen atoms in total. The van der Waals surface area contributed by atoms with Crippen molar-refractivity contribution in [2.45, 2.75) is 31.6 Å². The minimum Gasteiger partial charge on any atom is -0.460 e. The van der Waals surface area contributed by atoms with Gasteiger partial charge in [-0.25, -0.2) is 0 Å². The first kappa shape index (κ1) is 33.1. The van der Waals surface area contributed by atoms with E-state index in [1.807, 2.05) is 0 Å². The number of benzene rings is 8. The lowest BCUT2D eigenvalue weighted by Crippen LogP contribution is -2.22. The Morgan fingerprint density at radius 1 is 0.517 bits per heavy atom. The summed E-state index contributed by atoms with van der Waals surface area (Å²) in [5, 5.41) is 5.62. The highest BCUT2D eigenvalue weighted by atomic mass is 16.3. The van der Waals surface area contributed by atoms with Gasteiger partial charge in [-0.2, -0.15) is 0 Å². The molecular weight excluding hydrogens is 707 g/mol. The van der Waals surface area contributed by atoms with Crippen LogP contribution in [0.5, 0.6) is 0 Å². The maximum Gasteiger partial charge on any atom is 0.159 e. The van der Waals surface area contributed by atoms with E-state index >= 15 is 0 Å². The van der Waals surface area contributed by atoms with Crippen molar-refractivity contribution in [2.75, 3.05) is 4.90 Å². The Labute approximate surface area is 337 Å². The van der Waals surface area contributed by atoms with Crippen LogP contribution in [0.25, 0.3) is 71.6 Å². The highest BCUT2D eigenvalue weighted by Crippen LogP contribution is 2.53. The fourth-order valence-electron chi connectivity index (χ4n) is 10.0. The van der Waals surface area contributed by atoms with Gasteiger partial charge in [-0.05, 0) is 74.7 Å². The van der Waals surface area contributed by atoms with Crippen molar-refractivity contribution in [1.82, 2.24) is 0 Å². The summed E-state index contributed by atoms with van der Waals surface area (Å²) in [7, 11) is 0. The third-order valence-corrected chi connectivity index (χ3v) is 12.8. The maximum absolute atomic E-state index is 7.19. The van der Waals surface area contributed by atoms with Gasteiger partial charge in [0.15, 0.2) is 5.58 Å². The lowest BCUT2D eigenvalue weighted by atomic mass is 9.82. The average Bonchev–Trinajstić information content (AvgIpc) is 3.92. The number of hydrogen-bond donors (Lipinski definition) is 0. The van der Waals surface area contributed by atoms with Gasteiger partial charge in [-0.3, -0.25) is 0 Å². The summed E-state index contributed by atoms with van der Waals surface area (Å²) in [6.07, 6.45) is 3.24. The largest absolute Gasteiger partial charge is 0.460 e. The number of allylic oxidation sites excluding steroid dienone is 1. The molecular formula is C55H39NO2. The molecule has 2 aromatic heterocycles. The zero-order valence-corrected chi connectivity index (χ0v) is 32.4. The van der Waals surface area contributed by atoms with Gasteiger partial charge in [0, 0.05) is 50.5 Å². The Hall–Kier alpha value is -7.10. The zero-order chi connectivity index (χ0) is 38.5. The topological polar surface area (TPSA) is 29.5 Å². The predicted molar refractivity (Wildman–Crippen MR) is 240 cm³/mol. The van der Waals surface area contributed by atoms with Gasteiger partial charge < -0.3 is 13.7 Å². The van der Waals surface area contributed by atoms with Crippen LogP contribution in [0.4, 0.5) is 11.4 Å². The Morgan fingerprint density at radius 3 is 2.03 bits per heavy atom. The third kappa shape index (κ3) is 4.80. The van der Waals surface area contributed by atoms with E-state index in [4.69, 9.17) is 8.83 Å². The van der Waals surface area contributed by atoms with Crippen molar-refractivity contribution >= 4 is 60.8 Å². The molecule has 1 unspecified atom stereocenters. The first-order valence-corrected chi connectivity index (χ1v) is 20.3. The van der Waals surface area contributed by atoms with E-state index in [2.05, 4.69) is 201 Å². The highest BCUT2D eigenvalue weighted by Gasteiger charge is 2.38. The molecule has 3 heteroatoms. The molecule has 2 heterocycles. The van der Waals surface area contributed by atoms with Crippen molar-refractivity contribution in [3.8, 4) is 22.3 Å². The molecule has 8 aromatic carbocycles. The second-order valence-electron chi connectivity index (χ2n) is 16.4. The van der Waals surface area contributed by atoms with Crippen molar-refractivity contribution < 1.29 is 8.83 Å². The Morgan fingerprint density at radius 2 is 1.19 bits per heavy atom. The quantitative estimate of drug-likeness (QED) is 0.176. The molecule has 0 saturated carbocycles. The van der Waals surface area contributed by atoms with Gasteiger partial charge in [0.2, 0.25) is 0 Å². The smallest absolute Gasteiger partial charge is 0.159 e. The molecule has 2 aliphatic carbocycles. The van der Waals surface area contributed by atoms with Gasteiger partial charge in [0.05, 0.1) is 11.4 Å². The van der Waals surface area contributed by atoms with Crippen LogP contribution in [0.15, 0.2) is 191 Å². The summed E-state index contributed by atoms with van der Waals surface area (Å²) in [6.45, 7) is 4.71. The standard InChI is InChI=1S/C55H39NO2/c1-55(2)46-25-13-11-21-39(46)40-29-28-37(32-47(40)55)56(48-26-15-24-43-41-22-12-14-27-50(41)57-54(43)48)49-30-36(34-16-5-3-6-17-34)31-51-52(49)45-33-44(35-18-7-4-8-19-35)38-20-9-10-23-42(38)53(45)58-51/h3-30,32-33,36H,31H2,1-2H3. The summed E-state index contributed by atoms with van der Waals surface area (Å²) in [4.78, 5) is 2.46. The number of hydrogen-bond acceptors (Lipinski definition) is 3. The van der Waals surface area contributed by atoms with E-state index in [-0.39, 0.29) is 11.3 Å². The molecule has 0 aliphatic heterocycles. The van der Waals surface area contributed by atoms with Gasteiger partial charge in [0.25, 0.3) is 0 Å². The first-order chi connectivity index (χ1) is 28.5. The number of furan rings is 2. The summed E-state index contributed by atoms with van der Waals surface area (Å²) < 4.78 is 14.1. The van der Waals surface area contributed by atoms with Gasteiger partial charge in [-0.15, -0.1) is 0 Å². The fraction of sp³-hybridized carbons (Fsp3) is 0.0909. The van der Waals surface area contributed by atoms with Gasteiger partial charge in [0.1, 0.15) is 16.9 Å². The molecule has 0 radical (unpaired) electrons. The summed E-state index contributed by atoms with van der Waals surface area (Å²) >= 11 is 0. The Balaban J connectivity index is 1.19. The number of para-hydroxylation sites is 2. The average molecular weight is 746 g/mol.